The van der Waals surface area contributed by atoms with Crippen LogP contribution in [0.25, 0.3) is 0 Å². The number of nitrogens with two attached hydrogens (primary N) is 1. The molecule has 2 atom stereocenters. The normalized spacial score (nSPS) is 22.1. The molecule has 0 bridgehead atoms. The molecule has 0 spiro atoms. The van der Waals surface area contributed by atoms with Crippen molar-refractivity contribution < 1.29 is 14.7 Å². The Morgan fingerprint density at radius 1 is 1.56 bits per heavy atom. The topological polar surface area (TPSA) is 83.6 Å². The monoisotopic (exact) mass is 228 g/mol. The van der Waals surface area contributed by atoms with Crippen LogP contribution < -0.4 is 5.73 Å². The highest BCUT2D eigenvalue weighted by Gasteiger charge is 2.31. The number of amides is 1. The number of hydrogen-bond donors (Lipinski definition) is 2. The molecule has 1 rings (SSSR count). The van der Waals surface area contributed by atoms with Gasteiger partial charge in [0, 0.05) is 19.5 Å². The van der Waals surface area contributed by atoms with Crippen LogP contribution in [0.3, 0.4) is 0 Å². The number of carbonyl (C=O) groups is 2. The minimum Gasteiger partial charge on any atom is -0.481 e. The summed E-state index contributed by atoms with van der Waals surface area (Å²) >= 11 is 0. The third-order valence-electron chi connectivity index (χ3n) is 3.26. The standard InChI is InChI=1S/C11H20N2O3/c1-2-8(6-12)5-10(14)13-4-3-9(7-13)11(15)16/h8-9H,2-7,12H2,1H3,(H,15,16). The lowest BCUT2D eigenvalue weighted by Gasteiger charge is -2.19. The third-order valence-corrected chi connectivity index (χ3v) is 3.26. The molecule has 3 N–H and O–H groups in total. The Labute approximate surface area is 95.6 Å². The van der Waals surface area contributed by atoms with E-state index < -0.39 is 5.97 Å². The van der Waals surface area contributed by atoms with Crippen LogP contribution >= 0.6 is 0 Å². The van der Waals surface area contributed by atoms with Crippen molar-refractivity contribution >= 4 is 11.9 Å². The number of carbonyl (C=O) groups excluding carboxylic acids is 1. The van der Waals surface area contributed by atoms with Crippen molar-refractivity contribution in [3.05, 3.63) is 0 Å². The smallest absolute Gasteiger partial charge is 0.308 e. The lowest BCUT2D eigenvalue weighted by Crippen LogP contribution is -2.32. The fourth-order valence-corrected chi connectivity index (χ4v) is 1.96. The van der Waals surface area contributed by atoms with Crippen molar-refractivity contribution in [3.8, 4) is 0 Å². The van der Waals surface area contributed by atoms with Crippen LogP contribution in [0.1, 0.15) is 26.2 Å². The van der Waals surface area contributed by atoms with Gasteiger partial charge < -0.3 is 15.7 Å². The molecule has 0 aromatic heterocycles. The van der Waals surface area contributed by atoms with Gasteiger partial charge in [0.15, 0.2) is 0 Å². The van der Waals surface area contributed by atoms with E-state index in [1.54, 1.807) is 4.90 Å². The predicted molar refractivity (Wildman–Crippen MR) is 59.8 cm³/mol. The molecule has 0 aromatic carbocycles. The molecule has 1 heterocycles. The fourth-order valence-electron chi connectivity index (χ4n) is 1.96. The molecule has 0 saturated carbocycles. The third kappa shape index (κ3) is 3.20. The van der Waals surface area contributed by atoms with E-state index in [0.717, 1.165) is 6.42 Å². The first-order chi connectivity index (χ1) is 7.58. The summed E-state index contributed by atoms with van der Waals surface area (Å²) in [5, 5.41) is 8.83. The van der Waals surface area contributed by atoms with Crippen LogP contribution in [0.15, 0.2) is 0 Å². The molecule has 1 aliphatic rings. The average molecular weight is 228 g/mol. The number of aliphatic carboxylic acids is 1. The number of rotatable bonds is 5. The summed E-state index contributed by atoms with van der Waals surface area (Å²) in [7, 11) is 0. The molecule has 92 valence electrons. The van der Waals surface area contributed by atoms with Crippen LogP contribution in [0, 0.1) is 11.8 Å². The van der Waals surface area contributed by atoms with E-state index in [2.05, 4.69) is 0 Å². The summed E-state index contributed by atoms with van der Waals surface area (Å²) in [6.45, 7) is 3.44. The van der Waals surface area contributed by atoms with Crippen LogP contribution in [0.2, 0.25) is 0 Å². The molecule has 0 radical (unpaired) electrons. The number of carboxylic acid groups (broad SMARTS) is 1. The summed E-state index contributed by atoms with van der Waals surface area (Å²) < 4.78 is 0. The summed E-state index contributed by atoms with van der Waals surface area (Å²) in [4.78, 5) is 24.2. The molecule has 5 nitrogen and oxygen atoms in total. The highest BCUT2D eigenvalue weighted by Crippen LogP contribution is 2.19. The minimum atomic E-state index is -0.804. The van der Waals surface area contributed by atoms with Gasteiger partial charge in [-0.05, 0) is 18.9 Å². The highest BCUT2D eigenvalue weighted by atomic mass is 16.4. The fraction of sp³-hybridized carbons (Fsp3) is 0.818. The maximum Gasteiger partial charge on any atom is 0.308 e. The lowest BCUT2D eigenvalue weighted by atomic mass is 10.0. The van der Waals surface area contributed by atoms with E-state index in [-0.39, 0.29) is 17.7 Å². The van der Waals surface area contributed by atoms with Crippen molar-refractivity contribution in [3.63, 3.8) is 0 Å². The van der Waals surface area contributed by atoms with Gasteiger partial charge in [0.1, 0.15) is 0 Å². The molecule has 0 aliphatic carbocycles. The van der Waals surface area contributed by atoms with Crippen molar-refractivity contribution in [2.75, 3.05) is 19.6 Å². The molecular formula is C11H20N2O3. The first-order valence-electron chi connectivity index (χ1n) is 5.79. The van der Waals surface area contributed by atoms with E-state index in [4.69, 9.17) is 10.8 Å². The van der Waals surface area contributed by atoms with E-state index >= 15 is 0 Å². The largest absolute Gasteiger partial charge is 0.481 e. The van der Waals surface area contributed by atoms with Gasteiger partial charge in [-0.25, -0.2) is 0 Å². The van der Waals surface area contributed by atoms with E-state index in [1.165, 1.54) is 0 Å². The number of likely N-dealkylation sites (tertiary alicyclic amines) is 1. The minimum absolute atomic E-state index is 0.0426. The number of nitrogens with zero attached hydrogens (tertiary/aromatic N) is 1. The van der Waals surface area contributed by atoms with Gasteiger partial charge >= 0.3 is 5.97 Å². The van der Waals surface area contributed by atoms with Gasteiger partial charge in [-0.15, -0.1) is 0 Å². The van der Waals surface area contributed by atoms with Gasteiger partial charge in [0.25, 0.3) is 0 Å². The number of hydrogen-bond acceptors (Lipinski definition) is 3. The van der Waals surface area contributed by atoms with Crippen molar-refractivity contribution in [2.45, 2.75) is 26.2 Å². The first-order valence-corrected chi connectivity index (χ1v) is 5.79. The predicted octanol–water partition coefficient (Wildman–Crippen LogP) is 0.295. The van der Waals surface area contributed by atoms with Gasteiger partial charge in [-0.1, -0.05) is 13.3 Å². The van der Waals surface area contributed by atoms with Crippen molar-refractivity contribution in [2.24, 2.45) is 17.6 Å². The van der Waals surface area contributed by atoms with Crippen molar-refractivity contribution in [1.82, 2.24) is 4.90 Å². The summed E-state index contributed by atoms with van der Waals surface area (Å²) in [5.74, 6) is -0.930. The summed E-state index contributed by atoms with van der Waals surface area (Å²) in [5.41, 5.74) is 5.54. The molecule has 1 amide bonds. The second-order valence-electron chi connectivity index (χ2n) is 4.38. The Morgan fingerprint density at radius 3 is 2.69 bits per heavy atom. The van der Waals surface area contributed by atoms with E-state index in [0.29, 0.717) is 32.5 Å². The zero-order chi connectivity index (χ0) is 12.1. The summed E-state index contributed by atoms with van der Waals surface area (Å²) in [6, 6.07) is 0. The molecule has 0 aromatic rings. The number of carboxylic acids is 1. The molecule has 2 unspecified atom stereocenters. The van der Waals surface area contributed by atoms with Gasteiger partial charge in [-0.2, -0.15) is 0 Å². The Bertz CT molecular complexity index is 264. The Kier molecular flexibility index (Phi) is 4.73. The van der Waals surface area contributed by atoms with Crippen LogP contribution in [0.5, 0.6) is 0 Å². The van der Waals surface area contributed by atoms with E-state index in [9.17, 15) is 9.59 Å². The second-order valence-corrected chi connectivity index (χ2v) is 4.38. The molecule has 1 fully saturated rings. The average Bonchev–Trinajstić information content (AvgIpc) is 2.74. The van der Waals surface area contributed by atoms with Gasteiger partial charge in [0.05, 0.1) is 5.92 Å². The lowest BCUT2D eigenvalue weighted by molar-refractivity contribution is -0.141. The Hall–Kier alpha value is -1.10. The van der Waals surface area contributed by atoms with Crippen LogP contribution in [0.4, 0.5) is 0 Å². The highest BCUT2D eigenvalue weighted by molar-refractivity contribution is 5.78. The molecule has 5 heteroatoms. The zero-order valence-electron chi connectivity index (χ0n) is 9.69. The first kappa shape index (κ1) is 13.0. The zero-order valence-corrected chi connectivity index (χ0v) is 9.69. The summed E-state index contributed by atoms with van der Waals surface area (Å²) in [6.07, 6.45) is 1.90. The molecule has 1 aliphatic heterocycles. The molecular weight excluding hydrogens is 208 g/mol. The maximum atomic E-state index is 11.8. The van der Waals surface area contributed by atoms with Gasteiger partial charge in [0.2, 0.25) is 5.91 Å². The van der Waals surface area contributed by atoms with Crippen LogP contribution in [-0.2, 0) is 9.59 Å². The van der Waals surface area contributed by atoms with Crippen LogP contribution in [-0.4, -0.2) is 41.5 Å². The van der Waals surface area contributed by atoms with Gasteiger partial charge in [-0.3, -0.25) is 9.59 Å². The Morgan fingerprint density at radius 2 is 2.25 bits per heavy atom. The second kappa shape index (κ2) is 5.84. The SMILES string of the molecule is CCC(CN)CC(=O)N1CCC(C(=O)O)C1. The maximum absolute atomic E-state index is 11.8. The molecule has 16 heavy (non-hydrogen) atoms. The van der Waals surface area contributed by atoms with E-state index in [1.807, 2.05) is 6.92 Å². The quantitative estimate of drug-likeness (QED) is 0.708. The van der Waals surface area contributed by atoms with Crippen molar-refractivity contribution in [1.29, 1.82) is 0 Å². The molecule has 1 saturated heterocycles. The Balaban J connectivity index is 2.41.